The third-order valence-electron chi connectivity index (χ3n) is 11.5. The van der Waals surface area contributed by atoms with Crippen molar-refractivity contribution in [3.05, 3.63) is 60.8 Å². The van der Waals surface area contributed by atoms with Gasteiger partial charge in [0.1, 0.15) is 13.2 Å². The zero-order chi connectivity index (χ0) is 45.8. The minimum Gasteiger partial charge on any atom is -0.462 e. The predicted octanol–water partition coefficient (Wildman–Crippen LogP) is 17.6. The van der Waals surface area contributed by atoms with Crippen LogP contribution in [-0.2, 0) is 28.6 Å². The standard InChI is InChI=1S/C57H100O6/c1-4-7-10-13-16-19-22-25-27-28-30-33-36-39-42-45-48-51-57(60)63-54(52-61-55(58)49-46-43-40-37-34-31-24-21-18-15-12-9-6-3)53-62-56(59)50-47-44-41-38-35-32-29-26-23-20-17-14-11-8-5-2/h7,10,16,19-20,23,25,27,30,33,54H,4-6,8-9,11-15,17-18,21-22,24,26,28-29,31-32,34-53H2,1-3H3/b10-7-,19-16-,23-20-,27-25-,33-30-/t54-/m0/s1. The predicted molar refractivity (Wildman–Crippen MR) is 270 cm³/mol. The van der Waals surface area contributed by atoms with Gasteiger partial charge >= 0.3 is 17.9 Å². The van der Waals surface area contributed by atoms with E-state index in [0.29, 0.717) is 19.3 Å². The lowest BCUT2D eigenvalue weighted by Gasteiger charge is -2.18. The highest BCUT2D eigenvalue weighted by atomic mass is 16.6. The number of carbonyl (C=O) groups excluding carboxylic acids is 3. The highest BCUT2D eigenvalue weighted by Gasteiger charge is 2.19. The zero-order valence-electron chi connectivity index (χ0n) is 41.6. The first-order valence-electron chi connectivity index (χ1n) is 26.8. The molecule has 0 aromatic heterocycles. The van der Waals surface area contributed by atoms with Crippen molar-refractivity contribution in [3.63, 3.8) is 0 Å². The molecule has 0 saturated heterocycles. The average Bonchev–Trinajstić information content (AvgIpc) is 3.28. The molecule has 0 fully saturated rings. The third-order valence-corrected chi connectivity index (χ3v) is 11.5. The fourth-order valence-electron chi connectivity index (χ4n) is 7.49. The van der Waals surface area contributed by atoms with E-state index in [2.05, 4.69) is 81.5 Å². The van der Waals surface area contributed by atoms with Crippen LogP contribution < -0.4 is 0 Å². The lowest BCUT2D eigenvalue weighted by molar-refractivity contribution is -0.167. The van der Waals surface area contributed by atoms with Gasteiger partial charge < -0.3 is 14.2 Å². The molecule has 0 aliphatic heterocycles. The topological polar surface area (TPSA) is 78.9 Å². The average molecular weight is 881 g/mol. The summed E-state index contributed by atoms with van der Waals surface area (Å²) in [6.45, 7) is 6.50. The molecule has 0 unspecified atom stereocenters. The van der Waals surface area contributed by atoms with E-state index >= 15 is 0 Å². The van der Waals surface area contributed by atoms with Crippen molar-refractivity contribution in [1.29, 1.82) is 0 Å². The number of carbonyl (C=O) groups is 3. The Kier molecular flexibility index (Phi) is 49.4. The zero-order valence-corrected chi connectivity index (χ0v) is 41.6. The molecule has 0 aromatic carbocycles. The Bertz CT molecular complexity index is 1150. The minimum atomic E-state index is -0.786. The summed E-state index contributed by atoms with van der Waals surface area (Å²) in [6, 6.07) is 0. The van der Waals surface area contributed by atoms with Gasteiger partial charge in [-0.3, -0.25) is 14.4 Å². The first-order valence-corrected chi connectivity index (χ1v) is 26.8. The van der Waals surface area contributed by atoms with Crippen LogP contribution in [0.15, 0.2) is 60.8 Å². The Hall–Kier alpha value is -2.89. The molecular formula is C57H100O6. The molecular weight excluding hydrogens is 781 g/mol. The Morgan fingerprint density at radius 3 is 1.00 bits per heavy atom. The van der Waals surface area contributed by atoms with E-state index in [1.165, 1.54) is 128 Å². The largest absolute Gasteiger partial charge is 0.462 e. The molecule has 1 atom stereocenters. The number of esters is 3. The molecule has 0 spiro atoms. The quantitative estimate of drug-likeness (QED) is 0.0262. The number of hydrogen-bond acceptors (Lipinski definition) is 6. The summed E-state index contributed by atoms with van der Waals surface area (Å²) < 4.78 is 16.8. The molecule has 0 saturated carbocycles. The molecule has 0 bridgehead atoms. The summed E-state index contributed by atoms with van der Waals surface area (Å²) in [7, 11) is 0. The Morgan fingerprint density at radius 1 is 0.333 bits per heavy atom. The highest BCUT2D eigenvalue weighted by molar-refractivity contribution is 5.71. The summed E-state index contributed by atoms with van der Waals surface area (Å²) >= 11 is 0. The number of hydrogen-bond donors (Lipinski definition) is 0. The van der Waals surface area contributed by atoms with E-state index in [-0.39, 0.29) is 31.1 Å². The van der Waals surface area contributed by atoms with Crippen LogP contribution in [0.5, 0.6) is 0 Å². The number of unbranched alkanes of at least 4 members (excludes halogenated alkanes) is 27. The van der Waals surface area contributed by atoms with E-state index in [1.807, 2.05) is 0 Å². The van der Waals surface area contributed by atoms with Gasteiger partial charge in [-0.1, -0.05) is 223 Å². The van der Waals surface area contributed by atoms with E-state index in [4.69, 9.17) is 14.2 Å². The van der Waals surface area contributed by atoms with Crippen LogP contribution in [0.25, 0.3) is 0 Å². The molecule has 6 nitrogen and oxygen atoms in total. The van der Waals surface area contributed by atoms with Gasteiger partial charge in [0.25, 0.3) is 0 Å². The van der Waals surface area contributed by atoms with Crippen molar-refractivity contribution < 1.29 is 28.6 Å². The molecule has 63 heavy (non-hydrogen) atoms. The van der Waals surface area contributed by atoms with Crippen LogP contribution in [0.1, 0.15) is 265 Å². The van der Waals surface area contributed by atoms with Crippen molar-refractivity contribution >= 4 is 17.9 Å². The Morgan fingerprint density at radius 2 is 0.619 bits per heavy atom. The fraction of sp³-hybridized carbons (Fsp3) is 0.772. The Balaban J connectivity index is 4.42. The molecule has 0 amide bonds. The molecule has 0 aliphatic carbocycles. The monoisotopic (exact) mass is 881 g/mol. The second-order valence-electron chi connectivity index (χ2n) is 17.8. The van der Waals surface area contributed by atoms with E-state index in [1.54, 1.807) is 0 Å². The first kappa shape index (κ1) is 60.1. The maximum Gasteiger partial charge on any atom is 0.306 e. The number of ether oxygens (including phenoxy) is 3. The fourth-order valence-corrected chi connectivity index (χ4v) is 7.49. The molecule has 0 heterocycles. The smallest absolute Gasteiger partial charge is 0.306 e. The molecule has 0 aliphatic rings. The van der Waals surface area contributed by atoms with Gasteiger partial charge in [-0.25, -0.2) is 0 Å². The van der Waals surface area contributed by atoms with Crippen molar-refractivity contribution in [2.75, 3.05) is 13.2 Å². The van der Waals surface area contributed by atoms with Crippen molar-refractivity contribution in [2.24, 2.45) is 0 Å². The second kappa shape index (κ2) is 51.7. The van der Waals surface area contributed by atoms with Crippen molar-refractivity contribution in [2.45, 2.75) is 271 Å². The third kappa shape index (κ3) is 50.0. The van der Waals surface area contributed by atoms with Crippen LogP contribution in [0.2, 0.25) is 0 Å². The van der Waals surface area contributed by atoms with Crippen LogP contribution in [0.3, 0.4) is 0 Å². The lowest BCUT2D eigenvalue weighted by Crippen LogP contribution is -2.30. The van der Waals surface area contributed by atoms with Crippen LogP contribution in [0, 0.1) is 0 Å². The van der Waals surface area contributed by atoms with Crippen LogP contribution in [0.4, 0.5) is 0 Å². The summed E-state index contributed by atoms with van der Waals surface area (Å²) in [6.07, 6.45) is 63.4. The van der Waals surface area contributed by atoms with E-state index in [0.717, 1.165) is 96.3 Å². The maximum absolute atomic E-state index is 12.8. The highest BCUT2D eigenvalue weighted by Crippen LogP contribution is 2.15. The number of allylic oxidation sites excluding steroid dienone is 10. The van der Waals surface area contributed by atoms with Gasteiger partial charge in [-0.2, -0.15) is 0 Å². The van der Waals surface area contributed by atoms with E-state index in [9.17, 15) is 14.4 Å². The number of rotatable bonds is 48. The molecule has 6 heteroatoms. The second-order valence-corrected chi connectivity index (χ2v) is 17.8. The summed E-state index contributed by atoms with van der Waals surface area (Å²) in [5.41, 5.74) is 0. The first-order chi connectivity index (χ1) is 31.0. The van der Waals surface area contributed by atoms with Crippen molar-refractivity contribution in [1.82, 2.24) is 0 Å². The molecule has 0 rings (SSSR count). The van der Waals surface area contributed by atoms with Gasteiger partial charge in [0.05, 0.1) is 0 Å². The SMILES string of the molecule is CC/C=C\C/C=C\C/C=C\C/C=C\CCCCCCC(=O)O[C@H](COC(=O)CCCCCCCCC/C=C\CCCCCC)COC(=O)CCCCCCCCCCCCCCC. The van der Waals surface area contributed by atoms with Gasteiger partial charge in [0.15, 0.2) is 6.10 Å². The molecule has 364 valence electrons. The normalized spacial score (nSPS) is 12.5. The summed E-state index contributed by atoms with van der Waals surface area (Å²) in [5.74, 6) is -0.905. The molecule has 0 aromatic rings. The van der Waals surface area contributed by atoms with Gasteiger partial charge in [-0.15, -0.1) is 0 Å². The summed E-state index contributed by atoms with van der Waals surface area (Å²) in [4.78, 5) is 38.0. The molecule has 0 radical (unpaired) electrons. The lowest BCUT2D eigenvalue weighted by atomic mass is 10.0. The van der Waals surface area contributed by atoms with Crippen molar-refractivity contribution in [3.8, 4) is 0 Å². The molecule has 0 N–H and O–H groups in total. The Labute approximate surface area is 390 Å². The van der Waals surface area contributed by atoms with Crippen LogP contribution in [-0.4, -0.2) is 37.2 Å². The minimum absolute atomic E-state index is 0.0834. The van der Waals surface area contributed by atoms with E-state index < -0.39 is 6.10 Å². The van der Waals surface area contributed by atoms with Crippen LogP contribution >= 0.6 is 0 Å². The summed E-state index contributed by atoms with van der Waals surface area (Å²) in [5, 5.41) is 0. The van der Waals surface area contributed by atoms with Gasteiger partial charge in [-0.05, 0) is 83.5 Å². The maximum atomic E-state index is 12.8. The van der Waals surface area contributed by atoms with Gasteiger partial charge in [0.2, 0.25) is 0 Å². The van der Waals surface area contributed by atoms with Gasteiger partial charge in [0, 0.05) is 19.3 Å².